The number of hydrogen-bond acceptors (Lipinski definition) is 7. The van der Waals surface area contributed by atoms with E-state index < -0.39 is 5.97 Å². The molecule has 0 fully saturated rings. The largest absolute Gasteiger partial charge is 0.487 e. The molecule has 8 heteroatoms. The summed E-state index contributed by atoms with van der Waals surface area (Å²) in [6.45, 7) is 0.358. The van der Waals surface area contributed by atoms with E-state index in [9.17, 15) is 9.59 Å². The Morgan fingerprint density at radius 1 is 1.19 bits per heavy atom. The summed E-state index contributed by atoms with van der Waals surface area (Å²) in [6.07, 6.45) is 5.81. The van der Waals surface area contributed by atoms with Gasteiger partial charge in [-0.2, -0.15) is 0 Å². The van der Waals surface area contributed by atoms with Gasteiger partial charge in [0.2, 0.25) is 5.76 Å². The molecule has 0 unspecified atom stereocenters. The third-order valence-corrected chi connectivity index (χ3v) is 5.95. The first-order chi connectivity index (χ1) is 15.6. The fraction of sp³-hybridized carbons (Fsp3) is 0.333. The molecule has 0 saturated heterocycles. The van der Waals surface area contributed by atoms with Crippen molar-refractivity contribution in [3.63, 3.8) is 0 Å². The smallest absolute Gasteiger partial charge is 0.339 e. The number of pyridine rings is 1. The summed E-state index contributed by atoms with van der Waals surface area (Å²) >= 11 is 0. The van der Waals surface area contributed by atoms with Gasteiger partial charge in [0.15, 0.2) is 0 Å². The van der Waals surface area contributed by atoms with Gasteiger partial charge in [-0.15, -0.1) is 0 Å². The average molecular weight is 433 g/mol. The molecule has 1 aliphatic heterocycles. The van der Waals surface area contributed by atoms with E-state index >= 15 is 0 Å². The normalized spacial score (nSPS) is 16.6. The van der Waals surface area contributed by atoms with Crippen molar-refractivity contribution in [2.45, 2.75) is 38.2 Å². The molecule has 0 spiro atoms. The number of para-hydroxylation sites is 1. The molecule has 5 rings (SSSR count). The lowest BCUT2D eigenvalue weighted by molar-refractivity contribution is 0.0600. The zero-order chi connectivity index (χ0) is 22.1. The molecule has 1 aliphatic carbocycles. The summed E-state index contributed by atoms with van der Waals surface area (Å²) < 4.78 is 16.2. The highest BCUT2D eigenvalue weighted by Crippen LogP contribution is 2.38. The van der Waals surface area contributed by atoms with Crippen LogP contribution in [0.1, 0.15) is 50.6 Å². The van der Waals surface area contributed by atoms with Crippen molar-refractivity contribution < 1.29 is 23.6 Å². The predicted molar refractivity (Wildman–Crippen MR) is 115 cm³/mol. The summed E-state index contributed by atoms with van der Waals surface area (Å²) in [5.41, 5.74) is 4.83. The van der Waals surface area contributed by atoms with Crippen LogP contribution in [0.15, 0.2) is 41.1 Å². The van der Waals surface area contributed by atoms with Crippen LogP contribution in [0, 0.1) is 0 Å². The molecule has 2 aliphatic rings. The van der Waals surface area contributed by atoms with Crippen LogP contribution in [0.25, 0.3) is 11.3 Å². The molecule has 1 N–H and O–H groups in total. The quantitative estimate of drug-likeness (QED) is 0.617. The Morgan fingerprint density at radius 3 is 2.88 bits per heavy atom. The van der Waals surface area contributed by atoms with Gasteiger partial charge in [0.1, 0.15) is 11.9 Å². The summed E-state index contributed by atoms with van der Waals surface area (Å²) in [4.78, 5) is 28.7. The number of amides is 1. The van der Waals surface area contributed by atoms with Crippen molar-refractivity contribution in [3.8, 4) is 17.0 Å². The molecule has 1 amide bonds. The number of nitrogens with zero attached hydrogens (tertiary/aromatic N) is 2. The first-order valence-electron chi connectivity index (χ1n) is 10.7. The first-order valence-corrected chi connectivity index (χ1v) is 10.7. The van der Waals surface area contributed by atoms with Crippen LogP contribution < -0.4 is 10.1 Å². The van der Waals surface area contributed by atoms with Crippen LogP contribution in [-0.4, -0.2) is 41.8 Å². The van der Waals surface area contributed by atoms with E-state index in [2.05, 4.69) is 15.5 Å². The van der Waals surface area contributed by atoms with Crippen molar-refractivity contribution in [1.82, 2.24) is 15.5 Å². The molecule has 0 saturated carbocycles. The highest BCUT2D eigenvalue weighted by atomic mass is 16.5. The van der Waals surface area contributed by atoms with Crippen molar-refractivity contribution in [2.75, 3.05) is 13.7 Å². The second-order valence-corrected chi connectivity index (χ2v) is 8.02. The van der Waals surface area contributed by atoms with Crippen LogP contribution in [-0.2, 0) is 24.0 Å². The van der Waals surface area contributed by atoms with Gasteiger partial charge in [-0.3, -0.25) is 9.78 Å². The molecule has 32 heavy (non-hydrogen) atoms. The Hall–Kier alpha value is -3.68. The maximum atomic E-state index is 12.7. The van der Waals surface area contributed by atoms with Gasteiger partial charge in [0, 0.05) is 23.7 Å². The fourth-order valence-corrected chi connectivity index (χ4v) is 4.30. The minimum Gasteiger partial charge on any atom is -0.487 e. The lowest BCUT2D eigenvalue weighted by Gasteiger charge is -2.14. The Bertz CT molecular complexity index is 1170. The molecule has 3 heterocycles. The molecule has 1 atom stereocenters. The van der Waals surface area contributed by atoms with Gasteiger partial charge in [-0.05, 0) is 49.4 Å². The third kappa shape index (κ3) is 3.72. The average Bonchev–Trinajstić information content (AvgIpc) is 3.46. The van der Waals surface area contributed by atoms with Gasteiger partial charge in [-0.1, -0.05) is 17.3 Å². The van der Waals surface area contributed by atoms with Crippen LogP contribution in [0.3, 0.4) is 0 Å². The maximum Gasteiger partial charge on any atom is 0.339 e. The molecule has 0 bridgehead atoms. The lowest BCUT2D eigenvalue weighted by Crippen LogP contribution is -2.34. The molecular weight excluding hydrogens is 410 g/mol. The summed E-state index contributed by atoms with van der Waals surface area (Å²) in [6, 6.07) is 9.35. The van der Waals surface area contributed by atoms with Gasteiger partial charge < -0.3 is 19.3 Å². The van der Waals surface area contributed by atoms with E-state index in [1.165, 1.54) is 13.3 Å². The number of methoxy groups -OCH3 is 1. The van der Waals surface area contributed by atoms with Gasteiger partial charge in [-0.25, -0.2) is 4.79 Å². The minimum absolute atomic E-state index is 0.191. The molecule has 2 aromatic heterocycles. The summed E-state index contributed by atoms with van der Waals surface area (Å²) in [7, 11) is 1.34. The maximum absolute atomic E-state index is 12.7. The fourth-order valence-electron chi connectivity index (χ4n) is 4.30. The second kappa shape index (κ2) is 8.45. The predicted octanol–water partition coefficient (Wildman–Crippen LogP) is 3.14. The monoisotopic (exact) mass is 433 g/mol. The summed E-state index contributed by atoms with van der Waals surface area (Å²) in [5, 5.41) is 6.99. The number of fused-ring (bicyclic) bond motifs is 2. The van der Waals surface area contributed by atoms with Crippen LogP contribution in [0.5, 0.6) is 5.75 Å². The van der Waals surface area contributed by atoms with Crippen LogP contribution in [0.2, 0.25) is 0 Å². The zero-order valence-corrected chi connectivity index (χ0v) is 17.7. The highest BCUT2D eigenvalue weighted by Gasteiger charge is 2.29. The van der Waals surface area contributed by atoms with E-state index in [4.69, 9.17) is 14.0 Å². The Morgan fingerprint density at radius 2 is 2.06 bits per heavy atom. The number of carbonyl (C=O) groups is 2. The standard InChI is InChI=1S/C24H23N3O5/c1-30-24(29)15-9-10-19(25-12-15)17-7-4-5-14-11-16(31-21(14)17)13-26-23(28)22-18-6-2-3-8-20(18)27-32-22/h4-5,7,9-10,12,16H,2-3,6,8,11,13H2,1H3,(H,26,28)/t16-/m1/s1. The SMILES string of the molecule is COC(=O)c1ccc(-c2cccc3c2O[C@@H](CNC(=O)c2onc4c2CCCC4)C3)nc1. The van der Waals surface area contributed by atoms with E-state index in [0.29, 0.717) is 30.0 Å². The van der Waals surface area contributed by atoms with Crippen molar-refractivity contribution >= 4 is 11.9 Å². The molecule has 164 valence electrons. The Kier molecular flexibility index (Phi) is 5.34. The number of esters is 1. The van der Waals surface area contributed by atoms with Crippen molar-refractivity contribution in [2.24, 2.45) is 0 Å². The Labute approximate surface area is 184 Å². The van der Waals surface area contributed by atoms with E-state index in [0.717, 1.165) is 53.8 Å². The van der Waals surface area contributed by atoms with Crippen LogP contribution in [0.4, 0.5) is 0 Å². The molecule has 8 nitrogen and oxygen atoms in total. The number of ether oxygens (including phenoxy) is 2. The second-order valence-electron chi connectivity index (χ2n) is 8.02. The van der Waals surface area contributed by atoms with Crippen molar-refractivity contribution in [1.29, 1.82) is 0 Å². The number of benzene rings is 1. The number of aryl methyl sites for hydroxylation is 1. The number of carbonyl (C=O) groups excluding carboxylic acids is 2. The molecular formula is C24H23N3O5. The number of aromatic nitrogens is 2. The minimum atomic E-state index is -0.428. The zero-order valence-electron chi connectivity index (χ0n) is 17.7. The van der Waals surface area contributed by atoms with Gasteiger partial charge >= 0.3 is 5.97 Å². The van der Waals surface area contributed by atoms with E-state index in [1.807, 2.05) is 18.2 Å². The first kappa shape index (κ1) is 20.2. The number of rotatable bonds is 5. The third-order valence-electron chi connectivity index (χ3n) is 5.95. The Balaban J connectivity index is 1.27. The van der Waals surface area contributed by atoms with Crippen molar-refractivity contribution in [3.05, 3.63) is 64.7 Å². The molecule has 0 radical (unpaired) electrons. The van der Waals surface area contributed by atoms with Crippen LogP contribution >= 0.6 is 0 Å². The number of hydrogen-bond donors (Lipinski definition) is 1. The van der Waals surface area contributed by atoms with E-state index in [1.54, 1.807) is 12.1 Å². The molecule has 1 aromatic carbocycles. The molecule has 3 aromatic rings. The summed E-state index contributed by atoms with van der Waals surface area (Å²) in [5.74, 6) is 0.399. The van der Waals surface area contributed by atoms with E-state index in [-0.39, 0.29) is 12.0 Å². The van der Waals surface area contributed by atoms with Gasteiger partial charge in [0.25, 0.3) is 5.91 Å². The highest BCUT2D eigenvalue weighted by molar-refractivity contribution is 5.93. The topological polar surface area (TPSA) is 104 Å². The number of nitrogens with one attached hydrogen (secondary N) is 1. The lowest BCUT2D eigenvalue weighted by atomic mass is 9.96. The van der Waals surface area contributed by atoms with Gasteiger partial charge in [0.05, 0.1) is 30.6 Å².